The van der Waals surface area contributed by atoms with E-state index in [0.717, 1.165) is 0 Å². The average molecular weight is 1080 g/mol. The third-order valence-electron chi connectivity index (χ3n) is 11.2. The molecular weight excluding hydrogens is 1010 g/mol. The average Bonchev–Trinajstić information content (AvgIpc) is 3.30. The molecule has 8 amide bonds. The summed E-state index contributed by atoms with van der Waals surface area (Å²) in [5, 5.41) is 21.5. The fourth-order valence-electron chi connectivity index (χ4n) is 7.00. The van der Waals surface area contributed by atoms with Crippen LogP contribution in [-0.4, -0.2) is 131 Å². The molecule has 400 valence electrons. The molecule has 24 heteroatoms. The van der Waals surface area contributed by atoms with E-state index in [-0.39, 0.29) is 35.7 Å². The Morgan fingerprint density at radius 3 is 1.14 bits per heavy atom. The second kappa shape index (κ2) is 30.9. The number of nitrogens with one attached hydrogen (secondary N) is 8. The lowest BCUT2D eigenvalue weighted by molar-refractivity contribution is -0.154. The molecular formula is C48H72N8O12S4. The van der Waals surface area contributed by atoms with Crippen LogP contribution in [0.2, 0.25) is 0 Å². The van der Waals surface area contributed by atoms with E-state index in [1.165, 1.54) is 81.3 Å². The molecule has 0 unspecified atom stereocenters. The third kappa shape index (κ3) is 20.2. The maximum atomic E-state index is 13.9. The number of hydrogen-bond donors (Lipinski definition) is 8. The van der Waals surface area contributed by atoms with Crippen LogP contribution in [-0.2, 0) is 57.4 Å². The number of rotatable bonds is 4. The summed E-state index contributed by atoms with van der Waals surface area (Å²) in [6.07, 6.45) is 6.94. The van der Waals surface area contributed by atoms with Crippen LogP contribution in [0.25, 0.3) is 0 Å². The topological polar surface area (TPSA) is 285 Å². The maximum Gasteiger partial charge on any atom is 0.329 e. The Bertz CT molecular complexity index is 1950. The van der Waals surface area contributed by atoms with Gasteiger partial charge >= 0.3 is 11.9 Å². The monoisotopic (exact) mass is 1080 g/mol. The second-order valence-corrected chi connectivity index (χ2v) is 23.7. The number of hydrogen-bond acceptors (Lipinski definition) is 16. The molecule has 8 atom stereocenters. The summed E-state index contributed by atoms with van der Waals surface area (Å²) in [6, 6.07) is -6.98. The SMILES string of the molecule is C/C=C1\NC(=O)[C@H]2CSSCC/C=C/[C@@H]3CC(=O)N[C@H](C(C)C)C(=O)N[C@H](CSSCC/C=C/[C@H](CC(=O)N[C@H](C(C)C)C(=O)N2)OC(=O)[C@H](C(C)C)NC1=O)C(=O)N/C(=C\C)C(=O)N[C@@H](C(C)C)C(=O)O3. The number of allylic oxidation sites excluding steroid dienone is 4. The normalized spacial score (nSPS) is 29.6. The van der Waals surface area contributed by atoms with Crippen LogP contribution in [0.3, 0.4) is 0 Å². The van der Waals surface area contributed by atoms with Gasteiger partial charge in [0.15, 0.2) is 0 Å². The number of esters is 2. The van der Waals surface area contributed by atoms with Crippen LogP contribution in [0.5, 0.6) is 0 Å². The smallest absolute Gasteiger partial charge is 0.329 e. The van der Waals surface area contributed by atoms with E-state index in [1.807, 2.05) is 0 Å². The van der Waals surface area contributed by atoms with Crippen LogP contribution in [0.15, 0.2) is 47.9 Å². The predicted molar refractivity (Wildman–Crippen MR) is 281 cm³/mol. The van der Waals surface area contributed by atoms with E-state index in [1.54, 1.807) is 67.5 Å². The molecule has 0 aromatic carbocycles. The molecule has 3 aliphatic heterocycles. The van der Waals surface area contributed by atoms with E-state index in [4.69, 9.17) is 9.47 Å². The van der Waals surface area contributed by atoms with E-state index in [0.29, 0.717) is 24.3 Å². The van der Waals surface area contributed by atoms with Crippen LogP contribution >= 0.6 is 43.2 Å². The van der Waals surface area contributed by atoms with E-state index >= 15 is 0 Å². The van der Waals surface area contributed by atoms with Gasteiger partial charge in [-0.1, -0.05) is 123 Å². The highest BCUT2D eigenvalue weighted by Gasteiger charge is 2.36. The Kier molecular flexibility index (Phi) is 26.4. The zero-order chi connectivity index (χ0) is 53.7. The van der Waals surface area contributed by atoms with Crippen molar-refractivity contribution in [3.8, 4) is 0 Å². The van der Waals surface area contributed by atoms with Gasteiger partial charge < -0.3 is 52.0 Å². The molecule has 3 aliphatic rings. The number of fused-ring (bicyclic) bond motifs is 14. The van der Waals surface area contributed by atoms with Crippen molar-refractivity contribution in [2.75, 3.05) is 23.0 Å². The zero-order valence-corrected chi connectivity index (χ0v) is 45.8. The quantitative estimate of drug-likeness (QED) is 0.0870. The zero-order valence-electron chi connectivity index (χ0n) is 42.6. The molecule has 3 rings (SSSR count). The van der Waals surface area contributed by atoms with Gasteiger partial charge in [-0.25, -0.2) is 9.59 Å². The van der Waals surface area contributed by atoms with Crippen molar-refractivity contribution in [3.63, 3.8) is 0 Å². The van der Waals surface area contributed by atoms with Crippen molar-refractivity contribution in [3.05, 3.63) is 47.9 Å². The van der Waals surface area contributed by atoms with Crippen LogP contribution in [0, 0.1) is 23.7 Å². The molecule has 2 saturated heterocycles. The van der Waals surface area contributed by atoms with E-state index < -0.39 is 131 Å². The summed E-state index contributed by atoms with van der Waals surface area (Å²) in [6.45, 7) is 16.8. The fraction of sp³-hybridized carbons (Fsp3) is 0.625. The first-order chi connectivity index (χ1) is 34.1. The largest absolute Gasteiger partial charge is 0.456 e. The van der Waals surface area contributed by atoms with Gasteiger partial charge in [-0.3, -0.25) is 38.4 Å². The minimum absolute atomic E-state index is 0.0145. The summed E-state index contributed by atoms with van der Waals surface area (Å²) in [5.74, 6) is -8.15. The molecule has 0 aromatic rings. The van der Waals surface area contributed by atoms with Crippen molar-refractivity contribution >= 4 is 102 Å². The Morgan fingerprint density at radius 1 is 0.472 bits per heavy atom. The lowest BCUT2D eigenvalue weighted by atomic mass is 10.0. The lowest BCUT2D eigenvalue weighted by Gasteiger charge is -2.28. The van der Waals surface area contributed by atoms with Crippen LogP contribution in [0.4, 0.5) is 0 Å². The second-order valence-electron chi connectivity index (χ2n) is 18.5. The van der Waals surface area contributed by atoms with Gasteiger partial charge in [0.2, 0.25) is 35.4 Å². The maximum absolute atomic E-state index is 13.9. The summed E-state index contributed by atoms with van der Waals surface area (Å²) in [4.78, 5) is 138. The number of ether oxygens (including phenoxy) is 2. The number of amides is 8. The van der Waals surface area contributed by atoms with E-state index in [9.17, 15) is 47.9 Å². The van der Waals surface area contributed by atoms with Gasteiger partial charge in [-0.15, -0.1) is 0 Å². The number of carbonyl (C=O) groups excluding carboxylic acids is 10. The summed E-state index contributed by atoms with van der Waals surface area (Å²) >= 11 is 0. The highest BCUT2D eigenvalue weighted by molar-refractivity contribution is 8.77. The van der Waals surface area contributed by atoms with Crippen molar-refractivity contribution in [2.45, 2.75) is 143 Å². The molecule has 0 saturated carbocycles. The fourth-order valence-corrected chi connectivity index (χ4v) is 11.3. The van der Waals surface area contributed by atoms with Gasteiger partial charge in [0.1, 0.15) is 59.9 Å². The molecule has 3 heterocycles. The molecule has 0 aliphatic carbocycles. The summed E-state index contributed by atoms with van der Waals surface area (Å²) in [5.41, 5.74) is -0.335. The first-order valence-electron chi connectivity index (χ1n) is 24.0. The highest BCUT2D eigenvalue weighted by Crippen LogP contribution is 2.25. The van der Waals surface area contributed by atoms with Crippen LogP contribution in [0.1, 0.15) is 94.9 Å². The van der Waals surface area contributed by atoms with E-state index in [2.05, 4.69) is 42.5 Å². The molecule has 8 N–H and O–H groups in total. The van der Waals surface area contributed by atoms with Gasteiger partial charge in [-0.2, -0.15) is 0 Å². The van der Waals surface area contributed by atoms with Gasteiger partial charge in [0.05, 0.1) is 12.8 Å². The molecule has 20 nitrogen and oxygen atoms in total. The standard InChI is InChI=1S/C48H72N8O12S4/c1-11-31-41(59)55-39(27(7)8)47(65)67-29-17-13-16-20-70-72-24-34-44(62)50-32(12-2)42(60)56-40(28(9)10)48(66)68-30(22-36(58)54-38(26(5)6)46(64)52-34)18-14-15-19-69-71-23-33(43(61)49-31)51-45(63)37(25(3)4)53-35(57)21-29/h11-14,17-18,25-30,33-34,37-40H,15-16,19-24H2,1-10H3,(H,49,61)(H,50,62)(H,51,63)(H,52,64)(H,53,57)(H,54,58)(H,55,59)(H,56,60)/b17-13+,18-14+,31-11-,32-12-/t29-,30-,33-,34-,37-,38-,39+,40+/m1/s1. The highest BCUT2D eigenvalue weighted by atomic mass is 33.1. The Morgan fingerprint density at radius 2 is 0.819 bits per heavy atom. The van der Waals surface area contributed by atoms with Crippen molar-refractivity contribution < 1.29 is 57.4 Å². The third-order valence-corrected chi connectivity index (χ3v) is 16.1. The van der Waals surface area contributed by atoms with Crippen molar-refractivity contribution in [2.24, 2.45) is 23.7 Å². The lowest BCUT2D eigenvalue weighted by Crippen LogP contribution is -2.57. The first kappa shape index (κ1) is 61.4. The Balaban J connectivity index is 2.14. The number of carbonyl (C=O) groups is 10. The van der Waals surface area contributed by atoms with Gasteiger partial charge in [0, 0.05) is 23.0 Å². The van der Waals surface area contributed by atoms with Gasteiger partial charge in [-0.05, 0) is 62.5 Å². The Hall–Kier alpha value is -4.94. The Labute approximate surface area is 438 Å². The molecule has 2 fully saturated rings. The summed E-state index contributed by atoms with van der Waals surface area (Å²) < 4.78 is 11.7. The van der Waals surface area contributed by atoms with Crippen molar-refractivity contribution in [1.29, 1.82) is 0 Å². The van der Waals surface area contributed by atoms with Crippen molar-refractivity contribution in [1.82, 2.24) is 42.5 Å². The minimum Gasteiger partial charge on any atom is -0.456 e. The van der Waals surface area contributed by atoms with Crippen LogP contribution < -0.4 is 42.5 Å². The molecule has 0 aromatic heterocycles. The first-order valence-corrected chi connectivity index (χ1v) is 29.0. The predicted octanol–water partition coefficient (Wildman–Crippen LogP) is 2.86. The molecule has 4 bridgehead atoms. The molecule has 72 heavy (non-hydrogen) atoms. The minimum atomic E-state index is -1.20. The molecule has 0 spiro atoms. The summed E-state index contributed by atoms with van der Waals surface area (Å²) in [7, 11) is 5.18. The molecule has 0 radical (unpaired) electrons. The van der Waals surface area contributed by atoms with Gasteiger partial charge in [0.25, 0.3) is 11.8 Å².